The van der Waals surface area contributed by atoms with E-state index in [-0.39, 0.29) is 12.4 Å². The highest BCUT2D eigenvalue weighted by Crippen LogP contribution is 2.54. The predicted octanol–water partition coefficient (Wildman–Crippen LogP) is 6.67. The summed E-state index contributed by atoms with van der Waals surface area (Å²) in [6.45, 7) is 3.48. The van der Waals surface area contributed by atoms with E-state index in [1.165, 1.54) is 103 Å². The lowest BCUT2D eigenvalue weighted by Crippen LogP contribution is -2.55. The van der Waals surface area contributed by atoms with Gasteiger partial charge in [-0.2, -0.15) is 0 Å². The Balaban J connectivity index is 0.000000190. The molecule has 0 amide bonds. The summed E-state index contributed by atoms with van der Waals surface area (Å²) in [4.78, 5) is 2.56. The molecule has 6 fully saturated rings. The molecule has 1 saturated heterocycles. The minimum Gasteiger partial charge on any atom is -0.385 e. The van der Waals surface area contributed by atoms with Crippen molar-refractivity contribution < 1.29 is 5.11 Å². The van der Waals surface area contributed by atoms with Crippen LogP contribution in [0, 0.1) is 23.7 Å². The molecule has 3 nitrogen and oxygen atoms in total. The zero-order chi connectivity index (χ0) is 22.7. The average molecular weight is 489 g/mol. The van der Waals surface area contributed by atoms with E-state index in [1.54, 1.807) is 0 Å². The van der Waals surface area contributed by atoms with Crippen LogP contribution in [0.4, 0.5) is 0 Å². The molecule has 1 aromatic rings. The molecule has 6 aliphatic rings. The third-order valence-corrected chi connectivity index (χ3v) is 9.90. The summed E-state index contributed by atoms with van der Waals surface area (Å²) in [7, 11) is 0. The van der Waals surface area contributed by atoms with Gasteiger partial charge < -0.3 is 15.7 Å². The number of likely N-dealkylation sites (tertiary alicyclic amines) is 1. The van der Waals surface area contributed by atoms with Crippen LogP contribution in [-0.2, 0) is 5.60 Å². The molecule has 1 aliphatic heterocycles. The number of benzene rings is 1. The molecule has 1 heterocycles. The molecule has 3 N–H and O–H groups in total. The molecule has 192 valence electrons. The second-order valence-corrected chi connectivity index (χ2v) is 12.6. The van der Waals surface area contributed by atoms with Crippen LogP contribution in [0.1, 0.15) is 102 Å². The number of hydrogen-bond donors (Lipinski definition) is 2. The fourth-order valence-electron chi connectivity index (χ4n) is 8.58. The minimum absolute atomic E-state index is 0. The van der Waals surface area contributed by atoms with E-state index in [1.807, 2.05) is 0 Å². The van der Waals surface area contributed by atoms with E-state index in [9.17, 15) is 5.11 Å². The maximum atomic E-state index is 11.6. The quantitative estimate of drug-likeness (QED) is 0.486. The van der Waals surface area contributed by atoms with Gasteiger partial charge in [-0.25, -0.2) is 0 Å². The fraction of sp³-hybridized carbons (Fsp3) is 0.800. The van der Waals surface area contributed by atoms with Crippen LogP contribution in [-0.4, -0.2) is 35.2 Å². The van der Waals surface area contributed by atoms with Gasteiger partial charge in [0.05, 0.1) is 5.60 Å². The standard InChI is InChI=1S/C20H31NO.C10H17N.ClH/c22-20(18-10-4-1-5-11-18,19-12-6-2-7-13-19)14-17-21-15-8-3-9-16-21;11-10-4-7-1-8(5-10)3-9(2-7)6-10;/h1,4-5,10-11,19,22H,2-3,6-9,12-17H2;7-9H,1-6,11H2;1H. The highest BCUT2D eigenvalue weighted by atomic mass is 35.5. The summed E-state index contributed by atoms with van der Waals surface area (Å²) in [5, 5.41) is 11.6. The van der Waals surface area contributed by atoms with Gasteiger partial charge in [0.15, 0.2) is 0 Å². The van der Waals surface area contributed by atoms with Crippen LogP contribution in [0.3, 0.4) is 0 Å². The molecule has 1 unspecified atom stereocenters. The number of rotatable bonds is 5. The van der Waals surface area contributed by atoms with Gasteiger partial charge in [0, 0.05) is 12.1 Å². The van der Waals surface area contributed by atoms with Crippen LogP contribution in [0.5, 0.6) is 0 Å². The third-order valence-electron chi connectivity index (χ3n) is 9.90. The zero-order valence-corrected chi connectivity index (χ0v) is 22.1. The van der Waals surface area contributed by atoms with Crippen molar-refractivity contribution in [3.05, 3.63) is 35.9 Å². The normalized spacial score (nSPS) is 35.1. The molecule has 1 atom stereocenters. The first kappa shape index (κ1) is 26.5. The summed E-state index contributed by atoms with van der Waals surface area (Å²) >= 11 is 0. The summed E-state index contributed by atoms with van der Waals surface area (Å²) in [6, 6.07) is 10.5. The maximum absolute atomic E-state index is 11.6. The Kier molecular flexibility index (Phi) is 9.05. The summed E-state index contributed by atoms with van der Waals surface area (Å²) in [5.41, 5.74) is 7.13. The third kappa shape index (κ3) is 6.20. The summed E-state index contributed by atoms with van der Waals surface area (Å²) in [5.74, 6) is 3.50. The van der Waals surface area contributed by atoms with Crippen LogP contribution in [0.2, 0.25) is 0 Å². The number of halogens is 1. The molecular weight excluding hydrogens is 440 g/mol. The molecule has 0 aromatic heterocycles. The topological polar surface area (TPSA) is 49.5 Å². The molecule has 0 radical (unpaired) electrons. The first-order chi connectivity index (χ1) is 16.0. The molecule has 7 rings (SSSR count). The van der Waals surface area contributed by atoms with Crippen molar-refractivity contribution in [2.24, 2.45) is 29.4 Å². The number of nitrogens with two attached hydrogens (primary N) is 1. The molecular formula is C30H49ClN2O. The largest absolute Gasteiger partial charge is 0.385 e. The summed E-state index contributed by atoms with van der Waals surface area (Å²) < 4.78 is 0. The van der Waals surface area contributed by atoms with Gasteiger partial charge in [-0.15, -0.1) is 12.4 Å². The van der Waals surface area contributed by atoms with Crippen molar-refractivity contribution in [2.45, 2.75) is 107 Å². The Bertz CT molecular complexity index is 708. The Morgan fingerprint density at radius 2 is 1.35 bits per heavy atom. The lowest BCUT2D eigenvalue weighted by Gasteiger charge is -2.55. The number of piperidine rings is 1. The fourth-order valence-corrected chi connectivity index (χ4v) is 8.58. The van der Waals surface area contributed by atoms with Gasteiger partial charge in [-0.1, -0.05) is 56.0 Å². The monoisotopic (exact) mass is 488 g/mol. The molecule has 4 bridgehead atoms. The minimum atomic E-state index is -0.626. The zero-order valence-electron chi connectivity index (χ0n) is 21.3. The highest BCUT2D eigenvalue weighted by molar-refractivity contribution is 5.85. The van der Waals surface area contributed by atoms with Crippen LogP contribution in [0.15, 0.2) is 30.3 Å². The maximum Gasteiger partial charge on any atom is 0.0936 e. The Morgan fingerprint density at radius 1 is 0.824 bits per heavy atom. The molecule has 5 saturated carbocycles. The number of nitrogens with zero attached hydrogens (tertiary/aromatic N) is 1. The van der Waals surface area contributed by atoms with Crippen molar-refractivity contribution >= 4 is 12.4 Å². The van der Waals surface area contributed by atoms with E-state index >= 15 is 0 Å². The lowest BCUT2D eigenvalue weighted by atomic mass is 9.53. The van der Waals surface area contributed by atoms with Crippen molar-refractivity contribution in [2.75, 3.05) is 19.6 Å². The predicted molar refractivity (Wildman–Crippen MR) is 144 cm³/mol. The Labute approximate surface area is 214 Å². The average Bonchev–Trinajstić information content (AvgIpc) is 2.83. The van der Waals surface area contributed by atoms with Gasteiger partial charge in [0.25, 0.3) is 0 Å². The number of hydrogen-bond acceptors (Lipinski definition) is 3. The molecule has 4 heteroatoms. The Morgan fingerprint density at radius 3 is 1.88 bits per heavy atom. The highest BCUT2D eigenvalue weighted by Gasteiger charge is 2.48. The van der Waals surface area contributed by atoms with Gasteiger partial charge in [-0.05, 0) is 113 Å². The molecule has 34 heavy (non-hydrogen) atoms. The van der Waals surface area contributed by atoms with E-state index in [0.717, 1.165) is 36.3 Å². The Hall–Kier alpha value is -0.610. The molecule has 0 spiro atoms. The van der Waals surface area contributed by atoms with Crippen LogP contribution < -0.4 is 5.73 Å². The first-order valence-electron chi connectivity index (χ1n) is 14.3. The van der Waals surface area contributed by atoms with Crippen molar-refractivity contribution in [1.82, 2.24) is 4.90 Å². The SMILES string of the molecule is Cl.NC12CC3CC(CC(C3)C1)C2.OC(CCN1CCCCC1)(c1ccccc1)C1CCCCC1. The van der Waals surface area contributed by atoms with Crippen molar-refractivity contribution in [3.63, 3.8) is 0 Å². The second kappa shape index (κ2) is 11.6. The van der Waals surface area contributed by atoms with E-state index in [4.69, 9.17) is 5.73 Å². The lowest BCUT2D eigenvalue weighted by molar-refractivity contribution is -0.0528. The van der Waals surface area contributed by atoms with Gasteiger partial charge in [0.1, 0.15) is 0 Å². The van der Waals surface area contributed by atoms with E-state index < -0.39 is 5.60 Å². The molecule has 1 aromatic carbocycles. The van der Waals surface area contributed by atoms with E-state index in [0.29, 0.717) is 11.5 Å². The summed E-state index contributed by atoms with van der Waals surface area (Å²) in [6.07, 6.45) is 19.8. The van der Waals surface area contributed by atoms with E-state index in [2.05, 4.69) is 35.2 Å². The van der Waals surface area contributed by atoms with Gasteiger partial charge >= 0.3 is 0 Å². The van der Waals surface area contributed by atoms with Crippen LogP contribution >= 0.6 is 12.4 Å². The van der Waals surface area contributed by atoms with Crippen molar-refractivity contribution in [1.29, 1.82) is 0 Å². The van der Waals surface area contributed by atoms with Crippen LogP contribution in [0.25, 0.3) is 0 Å². The molecule has 5 aliphatic carbocycles. The van der Waals surface area contributed by atoms with Gasteiger partial charge in [-0.3, -0.25) is 0 Å². The first-order valence-corrected chi connectivity index (χ1v) is 14.3. The number of aliphatic hydroxyl groups is 1. The second-order valence-electron chi connectivity index (χ2n) is 12.6. The van der Waals surface area contributed by atoms with Crippen molar-refractivity contribution in [3.8, 4) is 0 Å². The smallest absolute Gasteiger partial charge is 0.0936 e. The van der Waals surface area contributed by atoms with Gasteiger partial charge in [0.2, 0.25) is 0 Å².